The lowest BCUT2D eigenvalue weighted by Gasteiger charge is -2.13. The molecule has 0 saturated heterocycles. The molecule has 0 aliphatic rings. The third kappa shape index (κ3) is 7.98. The summed E-state index contributed by atoms with van der Waals surface area (Å²) < 4.78 is 2.25. The van der Waals surface area contributed by atoms with Crippen molar-refractivity contribution in [1.29, 1.82) is 0 Å². The minimum Gasteiger partial charge on any atom is -0.356 e. The van der Waals surface area contributed by atoms with Crippen molar-refractivity contribution < 1.29 is 0 Å². The highest BCUT2D eigenvalue weighted by Crippen LogP contribution is 2.16. The number of aromatic nitrogens is 3. The van der Waals surface area contributed by atoms with Crippen LogP contribution in [0, 0.1) is 12.8 Å². The van der Waals surface area contributed by atoms with E-state index >= 15 is 0 Å². The van der Waals surface area contributed by atoms with Gasteiger partial charge in [0.25, 0.3) is 0 Å². The predicted octanol–water partition coefficient (Wildman–Crippen LogP) is 3.88. The van der Waals surface area contributed by atoms with Crippen LogP contribution in [0.5, 0.6) is 0 Å². The van der Waals surface area contributed by atoms with Gasteiger partial charge in [-0.1, -0.05) is 55.4 Å². The van der Waals surface area contributed by atoms with Gasteiger partial charge in [0.2, 0.25) is 0 Å². The van der Waals surface area contributed by atoms with E-state index in [4.69, 9.17) is 0 Å². The lowest BCUT2D eigenvalue weighted by Crippen LogP contribution is -2.37. The maximum atomic E-state index is 4.38. The first-order valence-corrected chi connectivity index (χ1v) is 10.7. The minimum absolute atomic E-state index is 0. The van der Waals surface area contributed by atoms with Crippen molar-refractivity contribution in [2.24, 2.45) is 10.9 Å². The van der Waals surface area contributed by atoms with E-state index in [0.29, 0.717) is 5.92 Å². The Labute approximate surface area is 190 Å². The number of nitrogens with one attached hydrogen (secondary N) is 2. The first-order valence-electron chi connectivity index (χ1n) is 9.49. The van der Waals surface area contributed by atoms with Gasteiger partial charge in [-0.2, -0.15) is 0 Å². The Balaban J connectivity index is 0.00000392. The highest BCUT2D eigenvalue weighted by molar-refractivity contribution is 14.0. The fourth-order valence-electron chi connectivity index (χ4n) is 2.77. The number of rotatable bonds is 9. The zero-order valence-electron chi connectivity index (χ0n) is 17.5. The van der Waals surface area contributed by atoms with Crippen molar-refractivity contribution in [3.8, 4) is 0 Å². The van der Waals surface area contributed by atoms with Crippen LogP contribution in [0.25, 0.3) is 0 Å². The molecule has 0 aliphatic heterocycles. The normalized spacial score (nSPS) is 11.4. The Bertz CT molecular complexity index is 727. The van der Waals surface area contributed by atoms with Gasteiger partial charge in [0.15, 0.2) is 11.1 Å². The molecule has 2 rings (SSSR count). The number of halogens is 1. The molecular weight excluding hydrogens is 483 g/mol. The Morgan fingerprint density at radius 2 is 1.89 bits per heavy atom. The van der Waals surface area contributed by atoms with Gasteiger partial charge in [-0.25, -0.2) is 0 Å². The summed E-state index contributed by atoms with van der Waals surface area (Å²) in [4.78, 5) is 4.30. The summed E-state index contributed by atoms with van der Waals surface area (Å²) >= 11 is 1.66. The van der Waals surface area contributed by atoms with Crippen molar-refractivity contribution in [3.05, 3.63) is 41.2 Å². The maximum absolute atomic E-state index is 4.38. The van der Waals surface area contributed by atoms with Gasteiger partial charge >= 0.3 is 0 Å². The molecule has 0 aliphatic carbocycles. The molecule has 0 atom stereocenters. The lowest BCUT2D eigenvalue weighted by molar-refractivity contribution is 0.477. The molecule has 0 saturated carbocycles. The maximum Gasteiger partial charge on any atom is 0.191 e. The summed E-state index contributed by atoms with van der Waals surface area (Å²) in [5.74, 6) is 2.47. The smallest absolute Gasteiger partial charge is 0.191 e. The van der Waals surface area contributed by atoms with Crippen LogP contribution >= 0.6 is 35.7 Å². The van der Waals surface area contributed by atoms with Crippen LogP contribution in [0.1, 0.15) is 37.2 Å². The zero-order valence-corrected chi connectivity index (χ0v) is 20.7. The number of benzene rings is 1. The molecule has 0 radical (unpaired) electrons. The summed E-state index contributed by atoms with van der Waals surface area (Å²) in [7, 11) is 1.80. The molecule has 0 amide bonds. The molecular formula is C20H33IN6S. The van der Waals surface area contributed by atoms with Gasteiger partial charge in [-0.05, 0) is 31.1 Å². The van der Waals surface area contributed by atoms with Crippen LogP contribution < -0.4 is 10.6 Å². The molecule has 0 spiro atoms. The van der Waals surface area contributed by atoms with E-state index in [0.717, 1.165) is 49.4 Å². The highest BCUT2D eigenvalue weighted by Gasteiger charge is 2.12. The third-order valence-electron chi connectivity index (χ3n) is 4.20. The first-order chi connectivity index (χ1) is 13.0. The molecule has 0 fully saturated rings. The number of aryl methyl sites for hydroxylation is 2. The van der Waals surface area contributed by atoms with Gasteiger partial charge < -0.3 is 15.2 Å². The van der Waals surface area contributed by atoms with E-state index in [9.17, 15) is 0 Å². The molecule has 0 unspecified atom stereocenters. The number of aliphatic imine (C=N–C) groups is 1. The van der Waals surface area contributed by atoms with Crippen molar-refractivity contribution in [1.82, 2.24) is 25.4 Å². The zero-order chi connectivity index (χ0) is 19.6. The van der Waals surface area contributed by atoms with Crippen molar-refractivity contribution in [3.63, 3.8) is 0 Å². The summed E-state index contributed by atoms with van der Waals surface area (Å²) in [5, 5.41) is 16.4. The fourth-order valence-corrected chi connectivity index (χ4v) is 3.29. The molecule has 1 aromatic carbocycles. The quantitative estimate of drug-likeness (QED) is 0.174. The standard InChI is InChI=1S/C20H32N6S.HI/c1-15(2)14-26-18(24-25-20(26)27-5)7-6-12-22-19(21-4)23-13-17-10-8-16(3)9-11-17;/h8-11,15H,6-7,12-14H2,1-5H3,(H2,21,22,23);1H. The van der Waals surface area contributed by atoms with Crippen molar-refractivity contribution >= 4 is 41.7 Å². The van der Waals surface area contributed by atoms with Crippen LogP contribution in [-0.4, -0.2) is 40.6 Å². The van der Waals surface area contributed by atoms with Gasteiger partial charge in [0.1, 0.15) is 5.82 Å². The van der Waals surface area contributed by atoms with E-state index in [-0.39, 0.29) is 24.0 Å². The Kier molecular flexibility index (Phi) is 11.5. The lowest BCUT2D eigenvalue weighted by atomic mass is 10.1. The van der Waals surface area contributed by atoms with E-state index in [2.05, 4.69) is 81.7 Å². The Hall–Kier alpha value is -1.29. The number of hydrogen-bond donors (Lipinski definition) is 2. The van der Waals surface area contributed by atoms with Crippen LogP contribution in [0.3, 0.4) is 0 Å². The van der Waals surface area contributed by atoms with Crippen LogP contribution in [-0.2, 0) is 19.5 Å². The van der Waals surface area contributed by atoms with Gasteiger partial charge in [0.05, 0.1) is 0 Å². The van der Waals surface area contributed by atoms with Crippen molar-refractivity contribution in [2.45, 2.75) is 51.9 Å². The second kappa shape index (κ2) is 13.0. The topological polar surface area (TPSA) is 67.1 Å². The molecule has 8 heteroatoms. The number of thioether (sulfide) groups is 1. The molecule has 6 nitrogen and oxygen atoms in total. The summed E-state index contributed by atoms with van der Waals surface area (Å²) in [6.07, 6.45) is 3.94. The van der Waals surface area contributed by atoms with Crippen LogP contribution in [0.2, 0.25) is 0 Å². The van der Waals surface area contributed by atoms with E-state index in [1.54, 1.807) is 18.8 Å². The molecule has 156 valence electrons. The van der Waals surface area contributed by atoms with Gasteiger partial charge in [-0.3, -0.25) is 4.99 Å². The Morgan fingerprint density at radius 3 is 2.50 bits per heavy atom. The molecule has 1 aromatic heterocycles. The summed E-state index contributed by atoms with van der Waals surface area (Å²) in [6.45, 7) is 9.11. The van der Waals surface area contributed by atoms with Gasteiger partial charge in [-0.15, -0.1) is 34.2 Å². The number of hydrogen-bond acceptors (Lipinski definition) is 4. The monoisotopic (exact) mass is 516 g/mol. The second-order valence-electron chi connectivity index (χ2n) is 7.05. The SMILES string of the molecule is CN=C(NCCCc1nnc(SC)n1CC(C)C)NCc1ccc(C)cc1.I. The third-order valence-corrected chi connectivity index (χ3v) is 4.86. The van der Waals surface area contributed by atoms with E-state index < -0.39 is 0 Å². The number of nitrogens with zero attached hydrogens (tertiary/aromatic N) is 4. The largest absolute Gasteiger partial charge is 0.356 e. The molecule has 0 bridgehead atoms. The van der Waals surface area contributed by atoms with Gasteiger partial charge in [0, 0.05) is 33.1 Å². The van der Waals surface area contributed by atoms with Crippen molar-refractivity contribution in [2.75, 3.05) is 19.8 Å². The van der Waals surface area contributed by atoms with E-state index in [1.807, 2.05) is 0 Å². The average Bonchev–Trinajstić information content (AvgIpc) is 3.03. The van der Waals surface area contributed by atoms with E-state index in [1.165, 1.54) is 11.1 Å². The highest BCUT2D eigenvalue weighted by atomic mass is 127. The summed E-state index contributed by atoms with van der Waals surface area (Å²) in [5.41, 5.74) is 2.52. The molecule has 2 aromatic rings. The number of guanidine groups is 1. The summed E-state index contributed by atoms with van der Waals surface area (Å²) in [6, 6.07) is 8.54. The minimum atomic E-state index is 0. The molecule has 28 heavy (non-hydrogen) atoms. The molecule has 1 heterocycles. The molecule has 2 N–H and O–H groups in total. The van der Waals surface area contributed by atoms with Crippen LogP contribution in [0.15, 0.2) is 34.4 Å². The first kappa shape index (κ1) is 24.7. The average molecular weight is 516 g/mol. The fraction of sp³-hybridized carbons (Fsp3) is 0.550. The van der Waals surface area contributed by atoms with Crippen LogP contribution in [0.4, 0.5) is 0 Å². The second-order valence-corrected chi connectivity index (χ2v) is 7.82. The predicted molar refractivity (Wildman–Crippen MR) is 130 cm³/mol. The Morgan fingerprint density at radius 1 is 1.18 bits per heavy atom.